The Morgan fingerprint density at radius 2 is 1.35 bits per heavy atom. The van der Waals surface area contributed by atoms with Gasteiger partial charge in [-0.25, -0.2) is 0 Å². The molecule has 0 unspecified atom stereocenters. The number of aromatic hydroxyl groups is 1. The van der Waals surface area contributed by atoms with Gasteiger partial charge in [0, 0.05) is 18.7 Å². The quantitative estimate of drug-likeness (QED) is 0.697. The molecule has 1 amide bonds. The van der Waals surface area contributed by atoms with Gasteiger partial charge in [-0.3, -0.25) is 4.79 Å². The Morgan fingerprint density at radius 1 is 0.769 bits per heavy atom. The van der Waals surface area contributed by atoms with Crippen LogP contribution in [0.3, 0.4) is 0 Å². The summed E-state index contributed by atoms with van der Waals surface area (Å²) in [5.41, 5.74) is 2.97. The number of nitrogens with zero attached hydrogens (tertiary/aromatic N) is 1. The SMILES string of the molecule is O=C(Cc1ccccc1O)N(CCc1ccccc1)Cc1ccccc1. The van der Waals surface area contributed by atoms with Crippen LogP contribution in [-0.4, -0.2) is 22.5 Å². The van der Waals surface area contributed by atoms with Crippen molar-refractivity contribution in [3.63, 3.8) is 0 Å². The second-order valence-electron chi connectivity index (χ2n) is 6.34. The first kappa shape index (κ1) is 17.7. The lowest BCUT2D eigenvalue weighted by Crippen LogP contribution is -2.33. The molecule has 3 aromatic rings. The fourth-order valence-corrected chi connectivity index (χ4v) is 2.94. The van der Waals surface area contributed by atoms with Crippen molar-refractivity contribution in [2.75, 3.05) is 6.54 Å². The van der Waals surface area contributed by atoms with E-state index >= 15 is 0 Å². The molecule has 0 aromatic heterocycles. The van der Waals surface area contributed by atoms with Crippen LogP contribution < -0.4 is 0 Å². The molecule has 3 aromatic carbocycles. The fourth-order valence-electron chi connectivity index (χ4n) is 2.94. The zero-order valence-corrected chi connectivity index (χ0v) is 14.7. The molecule has 26 heavy (non-hydrogen) atoms. The van der Waals surface area contributed by atoms with Crippen molar-refractivity contribution < 1.29 is 9.90 Å². The maximum Gasteiger partial charge on any atom is 0.227 e. The summed E-state index contributed by atoms with van der Waals surface area (Å²) in [6.07, 6.45) is 1.01. The normalized spacial score (nSPS) is 10.5. The lowest BCUT2D eigenvalue weighted by molar-refractivity contribution is -0.131. The zero-order valence-electron chi connectivity index (χ0n) is 14.7. The van der Waals surface area contributed by atoms with Gasteiger partial charge in [-0.1, -0.05) is 78.9 Å². The second kappa shape index (κ2) is 8.86. The molecule has 0 radical (unpaired) electrons. The third-order valence-corrected chi connectivity index (χ3v) is 4.42. The van der Waals surface area contributed by atoms with Crippen molar-refractivity contribution in [1.29, 1.82) is 0 Å². The van der Waals surface area contributed by atoms with Gasteiger partial charge in [-0.15, -0.1) is 0 Å². The minimum atomic E-state index is 0.0197. The first-order chi connectivity index (χ1) is 12.7. The van der Waals surface area contributed by atoms with E-state index in [1.165, 1.54) is 5.56 Å². The Kier molecular flexibility index (Phi) is 6.05. The van der Waals surface area contributed by atoms with Crippen LogP contribution in [0.15, 0.2) is 84.9 Å². The molecule has 0 aliphatic carbocycles. The molecule has 0 saturated heterocycles. The predicted octanol–water partition coefficient (Wildman–Crippen LogP) is 4.21. The van der Waals surface area contributed by atoms with Gasteiger partial charge >= 0.3 is 0 Å². The molecule has 3 rings (SSSR count). The summed E-state index contributed by atoms with van der Waals surface area (Å²) < 4.78 is 0. The standard InChI is InChI=1S/C23H23NO2/c25-22-14-8-7-13-21(22)17-23(26)24(18-20-11-5-2-6-12-20)16-15-19-9-3-1-4-10-19/h1-14,25H,15-18H2. The summed E-state index contributed by atoms with van der Waals surface area (Å²) in [6.45, 7) is 1.21. The zero-order chi connectivity index (χ0) is 18.2. The predicted molar refractivity (Wildman–Crippen MR) is 104 cm³/mol. The average Bonchev–Trinajstić information content (AvgIpc) is 2.68. The van der Waals surface area contributed by atoms with E-state index in [9.17, 15) is 9.90 Å². The van der Waals surface area contributed by atoms with Crippen LogP contribution in [0.5, 0.6) is 5.75 Å². The number of hydrogen-bond donors (Lipinski definition) is 1. The van der Waals surface area contributed by atoms with Gasteiger partial charge < -0.3 is 10.0 Å². The number of carbonyl (C=O) groups is 1. The highest BCUT2D eigenvalue weighted by atomic mass is 16.3. The van der Waals surface area contributed by atoms with Crippen LogP contribution in [0, 0.1) is 0 Å². The minimum Gasteiger partial charge on any atom is -0.508 e. The smallest absolute Gasteiger partial charge is 0.227 e. The molecule has 0 fully saturated rings. The fraction of sp³-hybridized carbons (Fsp3) is 0.174. The van der Waals surface area contributed by atoms with Crippen LogP contribution >= 0.6 is 0 Å². The van der Waals surface area contributed by atoms with Crippen LogP contribution in [-0.2, 0) is 24.2 Å². The molecule has 0 bridgehead atoms. The molecule has 3 heteroatoms. The Balaban J connectivity index is 1.73. The number of amides is 1. The van der Waals surface area contributed by atoms with Crippen LogP contribution in [0.1, 0.15) is 16.7 Å². The number of rotatable bonds is 7. The van der Waals surface area contributed by atoms with E-state index in [4.69, 9.17) is 0 Å². The van der Waals surface area contributed by atoms with E-state index in [1.54, 1.807) is 18.2 Å². The number of benzene rings is 3. The van der Waals surface area contributed by atoms with Crippen LogP contribution in [0.25, 0.3) is 0 Å². The Hall–Kier alpha value is -3.07. The van der Waals surface area contributed by atoms with E-state index in [0.717, 1.165) is 12.0 Å². The summed E-state index contributed by atoms with van der Waals surface area (Å²) in [4.78, 5) is 14.8. The van der Waals surface area contributed by atoms with E-state index in [1.807, 2.05) is 59.5 Å². The van der Waals surface area contributed by atoms with Gasteiger partial charge in [0.1, 0.15) is 5.75 Å². The summed E-state index contributed by atoms with van der Waals surface area (Å²) in [5.74, 6) is 0.190. The molecule has 0 aliphatic rings. The topological polar surface area (TPSA) is 40.5 Å². The second-order valence-corrected chi connectivity index (χ2v) is 6.34. The molecule has 0 spiro atoms. The molecule has 0 atom stereocenters. The van der Waals surface area contributed by atoms with Gasteiger partial charge in [0.15, 0.2) is 0 Å². The Morgan fingerprint density at radius 3 is 2.00 bits per heavy atom. The molecule has 3 nitrogen and oxygen atoms in total. The maximum absolute atomic E-state index is 12.9. The summed E-state index contributed by atoms with van der Waals surface area (Å²) in [5, 5.41) is 9.97. The van der Waals surface area contributed by atoms with Crippen LogP contribution in [0.2, 0.25) is 0 Å². The molecule has 0 aliphatic heterocycles. The van der Waals surface area contributed by atoms with Gasteiger partial charge in [0.05, 0.1) is 6.42 Å². The lowest BCUT2D eigenvalue weighted by atomic mass is 10.1. The van der Waals surface area contributed by atoms with Gasteiger partial charge in [0.25, 0.3) is 0 Å². The molecular formula is C23H23NO2. The monoisotopic (exact) mass is 345 g/mol. The van der Waals surface area contributed by atoms with Crippen molar-refractivity contribution >= 4 is 5.91 Å². The van der Waals surface area contributed by atoms with Crippen LogP contribution in [0.4, 0.5) is 0 Å². The maximum atomic E-state index is 12.9. The highest BCUT2D eigenvalue weighted by Gasteiger charge is 2.16. The van der Waals surface area contributed by atoms with Crippen molar-refractivity contribution in [3.8, 4) is 5.75 Å². The number of hydrogen-bond acceptors (Lipinski definition) is 2. The van der Waals surface area contributed by atoms with Gasteiger partial charge in [-0.2, -0.15) is 0 Å². The molecular weight excluding hydrogens is 322 g/mol. The van der Waals surface area contributed by atoms with Gasteiger partial charge in [0.2, 0.25) is 5.91 Å². The van der Waals surface area contributed by atoms with E-state index < -0.39 is 0 Å². The first-order valence-electron chi connectivity index (χ1n) is 8.85. The lowest BCUT2D eigenvalue weighted by Gasteiger charge is -2.23. The minimum absolute atomic E-state index is 0.0197. The summed E-state index contributed by atoms with van der Waals surface area (Å²) in [7, 11) is 0. The summed E-state index contributed by atoms with van der Waals surface area (Å²) >= 11 is 0. The van der Waals surface area contributed by atoms with E-state index in [2.05, 4.69) is 12.1 Å². The van der Waals surface area contributed by atoms with Crippen molar-refractivity contribution in [3.05, 3.63) is 102 Å². The van der Waals surface area contributed by atoms with E-state index in [-0.39, 0.29) is 18.1 Å². The third-order valence-electron chi connectivity index (χ3n) is 4.42. The number of carbonyl (C=O) groups excluding carboxylic acids is 1. The largest absolute Gasteiger partial charge is 0.508 e. The molecule has 1 N–H and O–H groups in total. The first-order valence-corrected chi connectivity index (χ1v) is 8.85. The van der Waals surface area contributed by atoms with E-state index in [0.29, 0.717) is 18.7 Å². The van der Waals surface area contributed by atoms with Crippen molar-refractivity contribution in [1.82, 2.24) is 4.90 Å². The molecule has 0 heterocycles. The highest BCUT2D eigenvalue weighted by molar-refractivity contribution is 5.79. The highest BCUT2D eigenvalue weighted by Crippen LogP contribution is 2.18. The van der Waals surface area contributed by atoms with Gasteiger partial charge in [-0.05, 0) is 23.6 Å². The average molecular weight is 345 g/mol. The van der Waals surface area contributed by atoms with Crippen molar-refractivity contribution in [2.45, 2.75) is 19.4 Å². The third kappa shape index (κ3) is 4.96. The number of phenolic OH excluding ortho intramolecular Hbond substituents is 1. The number of phenols is 1. The van der Waals surface area contributed by atoms with Crippen molar-refractivity contribution in [2.24, 2.45) is 0 Å². The Bertz CT molecular complexity index is 831. The summed E-state index contributed by atoms with van der Waals surface area (Å²) in [6, 6.07) is 27.2. The number of para-hydroxylation sites is 1. The molecule has 0 saturated carbocycles. The Labute approximate surface area is 154 Å². The molecule has 132 valence electrons.